The number of esters is 1. The SMILES string of the molecule is C=CCNC(=O)CNc1cc(C(=O)OC)ccc1Cl. The highest BCUT2D eigenvalue weighted by Gasteiger charge is 2.09. The number of amides is 1. The van der Waals surface area contributed by atoms with Gasteiger partial charge in [0.15, 0.2) is 0 Å². The molecule has 1 aromatic rings. The Balaban J connectivity index is 2.69. The molecule has 6 heteroatoms. The first-order valence-electron chi connectivity index (χ1n) is 5.57. The summed E-state index contributed by atoms with van der Waals surface area (Å²) in [6, 6.07) is 4.66. The Morgan fingerprint density at radius 3 is 2.84 bits per heavy atom. The van der Waals surface area contributed by atoms with Crippen LogP contribution in [0.2, 0.25) is 5.02 Å². The lowest BCUT2D eigenvalue weighted by Gasteiger charge is -2.09. The van der Waals surface area contributed by atoms with Gasteiger partial charge in [-0.25, -0.2) is 4.79 Å². The van der Waals surface area contributed by atoms with Crippen LogP contribution in [0, 0.1) is 0 Å². The van der Waals surface area contributed by atoms with Gasteiger partial charge in [-0.15, -0.1) is 6.58 Å². The largest absolute Gasteiger partial charge is 0.465 e. The molecule has 5 nitrogen and oxygen atoms in total. The Morgan fingerprint density at radius 1 is 1.47 bits per heavy atom. The standard InChI is InChI=1S/C13H15ClN2O3/c1-3-6-15-12(17)8-16-11-7-9(13(18)19-2)4-5-10(11)14/h3-5,7,16H,1,6,8H2,2H3,(H,15,17). The van der Waals surface area contributed by atoms with E-state index in [1.165, 1.54) is 13.2 Å². The third-order valence-corrected chi connectivity index (χ3v) is 2.60. The topological polar surface area (TPSA) is 67.4 Å². The molecule has 1 rings (SSSR count). The second-order valence-electron chi connectivity index (χ2n) is 3.63. The quantitative estimate of drug-likeness (QED) is 0.617. The third kappa shape index (κ3) is 4.63. The molecule has 0 aliphatic carbocycles. The summed E-state index contributed by atoms with van der Waals surface area (Å²) in [5.41, 5.74) is 0.860. The Hall–Kier alpha value is -2.01. The van der Waals surface area contributed by atoms with E-state index in [9.17, 15) is 9.59 Å². The molecule has 0 aliphatic rings. The molecule has 1 aromatic carbocycles. The minimum atomic E-state index is -0.462. The van der Waals surface area contributed by atoms with Gasteiger partial charge in [0.1, 0.15) is 0 Å². The molecule has 0 atom stereocenters. The molecule has 0 radical (unpaired) electrons. The van der Waals surface area contributed by atoms with Gasteiger partial charge >= 0.3 is 5.97 Å². The van der Waals surface area contributed by atoms with Gasteiger partial charge in [-0.1, -0.05) is 17.7 Å². The molecule has 0 saturated carbocycles. The summed E-state index contributed by atoms with van der Waals surface area (Å²) < 4.78 is 4.61. The van der Waals surface area contributed by atoms with Crippen molar-refractivity contribution in [1.82, 2.24) is 5.32 Å². The molecule has 1 amide bonds. The Morgan fingerprint density at radius 2 is 2.21 bits per heavy atom. The predicted octanol–water partition coefficient (Wildman–Crippen LogP) is 1.84. The van der Waals surface area contributed by atoms with E-state index < -0.39 is 5.97 Å². The normalized spacial score (nSPS) is 9.58. The number of benzene rings is 1. The summed E-state index contributed by atoms with van der Waals surface area (Å²) in [5.74, 6) is -0.657. The van der Waals surface area contributed by atoms with Crippen molar-refractivity contribution in [2.75, 3.05) is 25.5 Å². The van der Waals surface area contributed by atoms with Crippen LogP contribution in [-0.4, -0.2) is 32.1 Å². The zero-order valence-electron chi connectivity index (χ0n) is 10.5. The molecule has 0 unspecified atom stereocenters. The average Bonchev–Trinajstić information content (AvgIpc) is 2.43. The molecule has 2 N–H and O–H groups in total. The number of halogens is 1. The summed E-state index contributed by atoms with van der Waals surface area (Å²) in [5, 5.41) is 5.89. The van der Waals surface area contributed by atoms with Crippen molar-refractivity contribution in [3.63, 3.8) is 0 Å². The molecule has 0 fully saturated rings. The van der Waals surface area contributed by atoms with Crippen LogP contribution in [0.3, 0.4) is 0 Å². The molecule has 0 spiro atoms. The molecule has 102 valence electrons. The minimum Gasteiger partial charge on any atom is -0.465 e. The highest BCUT2D eigenvalue weighted by atomic mass is 35.5. The maximum atomic E-state index is 11.4. The molecule has 0 aromatic heterocycles. The van der Waals surface area contributed by atoms with E-state index >= 15 is 0 Å². The summed E-state index contributed by atoms with van der Waals surface area (Å²) in [6.07, 6.45) is 1.59. The zero-order valence-corrected chi connectivity index (χ0v) is 11.3. The number of anilines is 1. The van der Waals surface area contributed by atoms with Crippen molar-refractivity contribution in [1.29, 1.82) is 0 Å². The number of hydrogen-bond donors (Lipinski definition) is 2. The van der Waals surface area contributed by atoms with Gasteiger partial charge in [0.05, 0.1) is 29.9 Å². The van der Waals surface area contributed by atoms with Crippen molar-refractivity contribution in [2.24, 2.45) is 0 Å². The third-order valence-electron chi connectivity index (χ3n) is 2.27. The van der Waals surface area contributed by atoms with Gasteiger partial charge in [0.25, 0.3) is 0 Å². The second-order valence-corrected chi connectivity index (χ2v) is 4.04. The highest BCUT2D eigenvalue weighted by molar-refractivity contribution is 6.33. The highest BCUT2D eigenvalue weighted by Crippen LogP contribution is 2.23. The zero-order chi connectivity index (χ0) is 14.3. The maximum Gasteiger partial charge on any atom is 0.337 e. The maximum absolute atomic E-state index is 11.4. The van der Waals surface area contributed by atoms with Crippen LogP contribution in [-0.2, 0) is 9.53 Å². The second kappa shape index (κ2) is 7.43. The fourth-order valence-electron chi connectivity index (χ4n) is 1.33. The first-order valence-corrected chi connectivity index (χ1v) is 5.95. The van der Waals surface area contributed by atoms with E-state index in [1.54, 1.807) is 18.2 Å². The van der Waals surface area contributed by atoms with Gasteiger partial charge < -0.3 is 15.4 Å². The average molecular weight is 283 g/mol. The minimum absolute atomic E-state index is 0.0538. The van der Waals surface area contributed by atoms with Crippen LogP contribution < -0.4 is 10.6 Å². The number of carbonyl (C=O) groups is 2. The first kappa shape index (κ1) is 15.0. The van der Waals surface area contributed by atoms with Crippen LogP contribution in [0.5, 0.6) is 0 Å². The van der Waals surface area contributed by atoms with Crippen LogP contribution in [0.15, 0.2) is 30.9 Å². The lowest BCUT2D eigenvalue weighted by molar-refractivity contribution is -0.119. The van der Waals surface area contributed by atoms with E-state index in [4.69, 9.17) is 11.6 Å². The Labute approximate surface area is 116 Å². The van der Waals surface area contributed by atoms with E-state index in [2.05, 4.69) is 21.9 Å². The van der Waals surface area contributed by atoms with Crippen LogP contribution in [0.1, 0.15) is 10.4 Å². The van der Waals surface area contributed by atoms with Gasteiger partial charge in [-0.3, -0.25) is 4.79 Å². The molecule has 0 aliphatic heterocycles. The summed E-state index contributed by atoms with van der Waals surface area (Å²) >= 11 is 5.97. The Bertz CT molecular complexity index is 489. The van der Waals surface area contributed by atoms with Crippen molar-refractivity contribution in [3.05, 3.63) is 41.4 Å². The van der Waals surface area contributed by atoms with Gasteiger partial charge in [0, 0.05) is 6.54 Å². The summed E-state index contributed by atoms with van der Waals surface area (Å²) in [4.78, 5) is 22.8. The fraction of sp³-hybridized carbons (Fsp3) is 0.231. The summed E-state index contributed by atoms with van der Waals surface area (Å²) in [6.45, 7) is 3.95. The first-order chi connectivity index (χ1) is 9.08. The van der Waals surface area contributed by atoms with E-state index in [0.717, 1.165) is 0 Å². The number of rotatable bonds is 6. The number of carbonyl (C=O) groups excluding carboxylic acids is 2. The number of nitrogens with one attached hydrogen (secondary N) is 2. The molecule has 0 heterocycles. The molecular weight excluding hydrogens is 268 g/mol. The Kier molecular flexibility index (Phi) is 5.89. The van der Waals surface area contributed by atoms with Gasteiger partial charge in [0.2, 0.25) is 5.91 Å². The summed E-state index contributed by atoms with van der Waals surface area (Å²) in [7, 11) is 1.30. The van der Waals surface area contributed by atoms with Crippen molar-refractivity contribution < 1.29 is 14.3 Å². The lowest BCUT2D eigenvalue weighted by atomic mass is 10.2. The molecule has 0 saturated heterocycles. The predicted molar refractivity (Wildman–Crippen MR) is 74.5 cm³/mol. The molecule has 0 bridgehead atoms. The van der Waals surface area contributed by atoms with E-state index in [-0.39, 0.29) is 12.5 Å². The van der Waals surface area contributed by atoms with E-state index in [0.29, 0.717) is 22.8 Å². The van der Waals surface area contributed by atoms with E-state index in [1.807, 2.05) is 0 Å². The van der Waals surface area contributed by atoms with Crippen molar-refractivity contribution in [3.8, 4) is 0 Å². The van der Waals surface area contributed by atoms with Gasteiger partial charge in [-0.05, 0) is 18.2 Å². The number of methoxy groups -OCH3 is 1. The van der Waals surface area contributed by atoms with Crippen LogP contribution in [0.25, 0.3) is 0 Å². The van der Waals surface area contributed by atoms with Gasteiger partial charge in [-0.2, -0.15) is 0 Å². The number of ether oxygens (including phenoxy) is 1. The smallest absolute Gasteiger partial charge is 0.337 e. The van der Waals surface area contributed by atoms with Crippen molar-refractivity contribution in [2.45, 2.75) is 0 Å². The van der Waals surface area contributed by atoms with Crippen LogP contribution in [0.4, 0.5) is 5.69 Å². The fourth-order valence-corrected chi connectivity index (χ4v) is 1.51. The number of hydrogen-bond acceptors (Lipinski definition) is 4. The van der Waals surface area contributed by atoms with Crippen LogP contribution >= 0.6 is 11.6 Å². The molecular formula is C13H15ClN2O3. The lowest BCUT2D eigenvalue weighted by Crippen LogP contribution is -2.29. The van der Waals surface area contributed by atoms with Crippen molar-refractivity contribution >= 4 is 29.2 Å². The molecule has 19 heavy (non-hydrogen) atoms. The monoisotopic (exact) mass is 282 g/mol.